The first kappa shape index (κ1) is 18.5. The quantitative estimate of drug-likeness (QED) is 0.827. The highest BCUT2D eigenvalue weighted by Crippen LogP contribution is 2.21. The number of furan rings is 1. The normalized spacial score (nSPS) is 18.0. The fourth-order valence-corrected chi connectivity index (χ4v) is 4.66. The van der Waals surface area contributed by atoms with Gasteiger partial charge in [-0.05, 0) is 57.7 Å². The first-order valence-electron chi connectivity index (χ1n) is 8.51. The van der Waals surface area contributed by atoms with Crippen molar-refractivity contribution in [2.75, 3.05) is 25.4 Å². The molecule has 0 atom stereocenters. The molecule has 6 heteroatoms. The Balaban J connectivity index is 1.75. The molecular weight excluding hydrogens is 312 g/mol. The van der Waals surface area contributed by atoms with Crippen molar-refractivity contribution in [2.45, 2.75) is 47.1 Å². The fraction of sp³-hybridized carbons (Fsp3) is 0.765. The third kappa shape index (κ3) is 5.94. The number of sulfonamides is 1. The van der Waals surface area contributed by atoms with E-state index in [1.165, 1.54) is 5.56 Å². The predicted molar refractivity (Wildman–Crippen MR) is 92.8 cm³/mol. The fourth-order valence-electron chi connectivity index (χ4n) is 3.17. The van der Waals surface area contributed by atoms with E-state index in [0.717, 1.165) is 44.0 Å². The van der Waals surface area contributed by atoms with Crippen molar-refractivity contribution in [1.82, 2.24) is 9.62 Å². The van der Waals surface area contributed by atoms with Crippen molar-refractivity contribution in [3.63, 3.8) is 0 Å². The maximum absolute atomic E-state index is 11.9. The van der Waals surface area contributed by atoms with Crippen LogP contribution in [0.4, 0.5) is 0 Å². The summed E-state index contributed by atoms with van der Waals surface area (Å²) in [7, 11) is -3.12. The van der Waals surface area contributed by atoms with Gasteiger partial charge in [-0.1, -0.05) is 13.8 Å². The maximum atomic E-state index is 11.9. The van der Waals surface area contributed by atoms with Crippen molar-refractivity contribution < 1.29 is 12.8 Å². The lowest BCUT2D eigenvalue weighted by atomic mass is 9.97. The maximum Gasteiger partial charge on any atom is 0.211 e. The Bertz CT molecular complexity index is 599. The zero-order chi connectivity index (χ0) is 17.0. The number of nitrogens with zero attached hydrogens (tertiary/aromatic N) is 1. The van der Waals surface area contributed by atoms with Gasteiger partial charge >= 0.3 is 0 Å². The van der Waals surface area contributed by atoms with Gasteiger partial charge in [0.15, 0.2) is 0 Å². The molecule has 1 aliphatic rings. The van der Waals surface area contributed by atoms with E-state index < -0.39 is 10.0 Å². The molecule has 0 saturated carbocycles. The van der Waals surface area contributed by atoms with E-state index in [-0.39, 0.29) is 11.7 Å². The number of aryl methyl sites for hydroxylation is 2. The molecule has 1 saturated heterocycles. The largest absolute Gasteiger partial charge is 0.466 e. The Morgan fingerprint density at radius 3 is 2.48 bits per heavy atom. The summed E-state index contributed by atoms with van der Waals surface area (Å²) < 4.78 is 32.2. The van der Waals surface area contributed by atoms with Crippen molar-refractivity contribution in [3.05, 3.63) is 23.2 Å². The topological polar surface area (TPSA) is 62.6 Å². The lowest BCUT2D eigenvalue weighted by molar-refractivity contribution is 0.178. The van der Waals surface area contributed by atoms with Gasteiger partial charge in [0.25, 0.3) is 0 Å². The second-order valence-electron chi connectivity index (χ2n) is 7.18. The number of likely N-dealkylation sites (tertiary alicyclic amines) is 1. The third-order valence-electron chi connectivity index (χ3n) is 4.39. The smallest absolute Gasteiger partial charge is 0.211 e. The summed E-state index contributed by atoms with van der Waals surface area (Å²) in [4.78, 5) is 2.43. The van der Waals surface area contributed by atoms with Gasteiger partial charge in [-0.25, -0.2) is 13.1 Å². The van der Waals surface area contributed by atoms with Crippen LogP contribution in [0.15, 0.2) is 10.5 Å². The van der Waals surface area contributed by atoms with E-state index in [1.54, 1.807) is 0 Å². The molecule has 132 valence electrons. The number of nitrogens with one attached hydrogen (secondary N) is 1. The minimum absolute atomic E-state index is 0.163. The molecule has 0 unspecified atom stereocenters. The highest BCUT2D eigenvalue weighted by atomic mass is 32.2. The second-order valence-corrected chi connectivity index (χ2v) is 9.03. The summed E-state index contributed by atoms with van der Waals surface area (Å²) >= 11 is 0. The van der Waals surface area contributed by atoms with E-state index in [9.17, 15) is 8.42 Å². The van der Waals surface area contributed by atoms with E-state index in [1.807, 2.05) is 27.7 Å². The molecule has 0 aromatic carbocycles. The number of hydrogen-bond donors (Lipinski definition) is 1. The minimum atomic E-state index is -3.12. The Labute approximate surface area is 140 Å². The molecule has 0 radical (unpaired) electrons. The van der Waals surface area contributed by atoms with Gasteiger partial charge in [0, 0.05) is 18.7 Å². The van der Waals surface area contributed by atoms with Crippen LogP contribution in [0.1, 0.15) is 43.8 Å². The van der Waals surface area contributed by atoms with Gasteiger partial charge in [0.1, 0.15) is 11.5 Å². The lowest BCUT2D eigenvalue weighted by Crippen LogP contribution is -2.39. The van der Waals surface area contributed by atoms with Gasteiger partial charge in [0.05, 0.1) is 5.75 Å². The molecule has 0 amide bonds. The predicted octanol–water partition coefficient (Wildman–Crippen LogP) is 2.68. The molecule has 1 N–H and O–H groups in total. The van der Waals surface area contributed by atoms with Crippen LogP contribution in [0.3, 0.4) is 0 Å². The highest BCUT2D eigenvalue weighted by molar-refractivity contribution is 7.89. The van der Waals surface area contributed by atoms with E-state index >= 15 is 0 Å². The van der Waals surface area contributed by atoms with Crippen molar-refractivity contribution in [3.8, 4) is 0 Å². The summed E-state index contributed by atoms with van der Waals surface area (Å²) in [5, 5.41) is 0. The average Bonchev–Trinajstić information content (AvgIpc) is 2.75. The summed E-state index contributed by atoms with van der Waals surface area (Å²) in [6.45, 7) is 11.4. The van der Waals surface area contributed by atoms with Crippen LogP contribution in [-0.4, -0.2) is 38.7 Å². The molecule has 1 aromatic heterocycles. The summed E-state index contributed by atoms with van der Waals surface area (Å²) in [6.07, 6.45) is 2.08. The molecule has 0 spiro atoms. The van der Waals surface area contributed by atoms with Crippen LogP contribution in [0.2, 0.25) is 0 Å². The van der Waals surface area contributed by atoms with Crippen molar-refractivity contribution in [2.24, 2.45) is 11.8 Å². The zero-order valence-corrected chi connectivity index (χ0v) is 15.6. The molecule has 1 aliphatic heterocycles. The molecule has 2 heterocycles. The average molecular weight is 343 g/mol. The van der Waals surface area contributed by atoms with Crippen LogP contribution in [-0.2, 0) is 16.6 Å². The number of hydrogen-bond acceptors (Lipinski definition) is 4. The Morgan fingerprint density at radius 2 is 1.96 bits per heavy atom. The van der Waals surface area contributed by atoms with Crippen LogP contribution in [0.25, 0.3) is 0 Å². The van der Waals surface area contributed by atoms with E-state index in [4.69, 9.17) is 4.42 Å². The van der Waals surface area contributed by atoms with Gasteiger partial charge in [-0.15, -0.1) is 0 Å². The van der Waals surface area contributed by atoms with Gasteiger partial charge in [0.2, 0.25) is 10.0 Å². The molecular formula is C17H30N2O3S. The number of rotatable bonds is 7. The summed E-state index contributed by atoms with van der Waals surface area (Å²) in [5.41, 5.74) is 1.26. The van der Waals surface area contributed by atoms with Crippen LogP contribution in [0.5, 0.6) is 0 Å². The molecule has 1 fully saturated rings. The first-order valence-corrected chi connectivity index (χ1v) is 10.2. The van der Waals surface area contributed by atoms with Gasteiger partial charge in [-0.2, -0.15) is 0 Å². The lowest BCUT2D eigenvalue weighted by Gasteiger charge is -2.31. The first-order chi connectivity index (χ1) is 10.7. The number of piperidine rings is 1. The minimum Gasteiger partial charge on any atom is -0.466 e. The summed E-state index contributed by atoms with van der Waals surface area (Å²) in [6, 6.07) is 2.11. The second kappa shape index (κ2) is 7.81. The Kier molecular flexibility index (Phi) is 6.28. The zero-order valence-electron chi connectivity index (χ0n) is 14.8. The third-order valence-corrected chi connectivity index (χ3v) is 6.10. The van der Waals surface area contributed by atoms with E-state index in [2.05, 4.69) is 15.7 Å². The molecule has 0 bridgehead atoms. The monoisotopic (exact) mass is 342 g/mol. The van der Waals surface area contributed by atoms with Gasteiger partial charge < -0.3 is 4.42 Å². The van der Waals surface area contributed by atoms with Crippen LogP contribution in [0, 0.1) is 25.7 Å². The van der Waals surface area contributed by atoms with Crippen LogP contribution < -0.4 is 4.72 Å². The van der Waals surface area contributed by atoms with Crippen LogP contribution >= 0.6 is 0 Å². The Morgan fingerprint density at radius 1 is 1.30 bits per heavy atom. The highest BCUT2D eigenvalue weighted by Gasteiger charge is 2.22. The molecule has 23 heavy (non-hydrogen) atoms. The molecule has 5 nitrogen and oxygen atoms in total. The molecule has 1 aromatic rings. The van der Waals surface area contributed by atoms with Crippen molar-refractivity contribution in [1.29, 1.82) is 0 Å². The molecule has 0 aliphatic carbocycles. The van der Waals surface area contributed by atoms with E-state index in [0.29, 0.717) is 12.5 Å². The summed E-state index contributed by atoms with van der Waals surface area (Å²) in [5.74, 6) is 2.79. The standard InChI is InChI=1S/C17H30N2O3S/c1-13(2)12-23(20,21)18-10-16-5-7-19(8-6-16)11-17-9-14(3)22-15(17)4/h9,13,16,18H,5-8,10-12H2,1-4H3. The Hall–Kier alpha value is -0.850. The molecule has 2 rings (SSSR count). The van der Waals surface area contributed by atoms with Crippen molar-refractivity contribution >= 4 is 10.0 Å². The van der Waals surface area contributed by atoms with Gasteiger partial charge in [-0.3, -0.25) is 4.90 Å². The SMILES string of the molecule is Cc1cc(CN2CCC(CNS(=O)(=O)CC(C)C)CC2)c(C)o1.